The van der Waals surface area contributed by atoms with Gasteiger partial charge < -0.3 is 9.73 Å². The van der Waals surface area contributed by atoms with Crippen LogP contribution in [0.15, 0.2) is 46.9 Å². The molecule has 2 nitrogen and oxygen atoms in total. The molecule has 1 heterocycles. The van der Waals surface area contributed by atoms with E-state index in [0.29, 0.717) is 16.7 Å². The van der Waals surface area contributed by atoms with Crippen LogP contribution in [-0.2, 0) is 0 Å². The molecule has 0 spiro atoms. The summed E-state index contributed by atoms with van der Waals surface area (Å²) in [5, 5.41) is 3.82. The Morgan fingerprint density at radius 3 is 2.62 bits per heavy atom. The maximum Gasteiger partial charge on any atom is 0.141 e. The highest BCUT2D eigenvalue weighted by atomic mass is 35.5. The van der Waals surface area contributed by atoms with Crippen LogP contribution < -0.4 is 5.32 Å². The molecule has 0 aliphatic heterocycles. The van der Waals surface area contributed by atoms with Crippen molar-refractivity contribution in [3.05, 3.63) is 70.4 Å². The van der Waals surface area contributed by atoms with Crippen molar-refractivity contribution in [1.29, 1.82) is 0 Å². The van der Waals surface area contributed by atoms with Crippen molar-refractivity contribution >= 4 is 22.6 Å². The largest absolute Gasteiger partial charge is 0.459 e. The summed E-state index contributed by atoms with van der Waals surface area (Å²) in [4.78, 5) is 0. The fraction of sp³-hybridized carbons (Fsp3) is 0.125. The number of halogens is 3. The summed E-state index contributed by atoms with van der Waals surface area (Å²) in [6.07, 6.45) is 0. The van der Waals surface area contributed by atoms with Gasteiger partial charge in [-0.15, -0.1) is 0 Å². The minimum Gasteiger partial charge on any atom is -0.459 e. The lowest BCUT2D eigenvalue weighted by Crippen LogP contribution is -2.17. The van der Waals surface area contributed by atoms with Crippen molar-refractivity contribution in [3.8, 4) is 0 Å². The van der Waals surface area contributed by atoms with Crippen LogP contribution in [0, 0.1) is 11.6 Å². The fourth-order valence-corrected chi connectivity index (χ4v) is 2.53. The van der Waals surface area contributed by atoms with Gasteiger partial charge in [0, 0.05) is 5.39 Å². The first-order chi connectivity index (χ1) is 10.1. The molecule has 0 saturated carbocycles. The zero-order chi connectivity index (χ0) is 15.0. The maximum atomic E-state index is 13.3. The Kier molecular flexibility index (Phi) is 3.66. The van der Waals surface area contributed by atoms with Crippen LogP contribution in [0.2, 0.25) is 5.02 Å². The normalized spacial score (nSPS) is 12.8. The lowest BCUT2D eigenvalue weighted by atomic mass is 10.0. The molecule has 21 heavy (non-hydrogen) atoms. The van der Waals surface area contributed by atoms with E-state index >= 15 is 0 Å². The summed E-state index contributed by atoms with van der Waals surface area (Å²) in [5.74, 6) is -0.177. The molecular formula is C16H12ClF2NO. The van der Waals surface area contributed by atoms with Gasteiger partial charge in [0.1, 0.15) is 23.0 Å². The van der Waals surface area contributed by atoms with Crippen molar-refractivity contribution in [3.63, 3.8) is 0 Å². The summed E-state index contributed by atoms with van der Waals surface area (Å²) in [5.41, 5.74) is 1.36. The Morgan fingerprint density at radius 2 is 1.90 bits per heavy atom. The van der Waals surface area contributed by atoms with Crippen molar-refractivity contribution in [2.75, 3.05) is 7.05 Å². The van der Waals surface area contributed by atoms with Crippen LogP contribution in [-0.4, -0.2) is 7.05 Å². The molecule has 3 aromatic rings. The van der Waals surface area contributed by atoms with Gasteiger partial charge in [-0.05, 0) is 49.0 Å². The van der Waals surface area contributed by atoms with Gasteiger partial charge in [0.15, 0.2) is 0 Å². The number of rotatable bonds is 3. The van der Waals surface area contributed by atoms with Crippen LogP contribution >= 0.6 is 11.6 Å². The average molecular weight is 308 g/mol. The molecule has 3 rings (SSSR count). The second kappa shape index (κ2) is 5.47. The van der Waals surface area contributed by atoms with Gasteiger partial charge in [-0.25, -0.2) is 8.78 Å². The smallest absolute Gasteiger partial charge is 0.141 e. The molecule has 1 atom stereocenters. The van der Waals surface area contributed by atoms with E-state index in [1.54, 1.807) is 31.3 Å². The Hall–Kier alpha value is -1.91. The van der Waals surface area contributed by atoms with Crippen LogP contribution in [0.25, 0.3) is 11.0 Å². The predicted molar refractivity (Wildman–Crippen MR) is 78.5 cm³/mol. The molecule has 1 N–H and O–H groups in total. The quantitative estimate of drug-likeness (QED) is 0.760. The number of furan rings is 1. The van der Waals surface area contributed by atoms with Crippen molar-refractivity contribution in [2.45, 2.75) is 6.04 Å². The monoisotopic (exact) mass is 307 g/mol. The van der Waals surface area contributed by atoms with Gasteiger partial charge in [0.2, 0.25) is 0 Å². The van der Waals surface area contributed by atoms with Crippen LogP contribution in [0.1, 0.15) is 17.4 Å². The van der Waals surface area contributed by atoms with E-state index in [9.17, 15) is 8.78 Å². The second-order valence-corrected chi connectivity index (χ2v) is 5.13. The molecule has 0 aliphatic carbocycles. The third kappa shape index (κ3) is 2.64. The highest BCUT2D eigenvalue weighted by Crippen LogP contribution is 2.30. The number of fused-ring (bicyclic) bond motifs is 1. The molecule has 5 heteroatoms. The topological polar surface area (TPSA) is 25.2 Å². The van der Waals surface area contributed by atoms with Gasteiger partial charge in [0.05, 0.1) is 11.1 Å². The number of nitrogens with one attached hydrogen (secondary N) is 1. The van der Waals surface area contributed by atoms with E-state index in [2.05, 4.69) is 5.32 Å². The number of benzene rings is 2. The third-order valence-corrected chi connectivity index (χ3v) is 3.64. The summed E-state index contributed by atoms with van der Waals surface area (Å²) in [6.45, 7) is 0. The molecule has 0 bridgehead atoms. The standard InChI is InChI=1S/C16H12ClF2NO/c1-20-16(9-2-4-13(19)12(17)7-9)15-8-10-6-11(18)3-5-14(10)21-15/h2-8,16,20H,1H3. The van der Waals surface area contributed by atoms with Gasteiger partial charge in [-0.1, -0.05) is 17.7 Å². The summed E-state index contributed by atoms with van der Waals surface area (Å²) in [7, 11) is 1.76. The molecule has 0 saturated heterocycles. The SMILES string of the molecule is CNC(c1ccc(F)c(Cl)c1)c1cc2cc(F)ccc2o1. The lowest BCUT2D eigenvalue weighted by molar-refractivity contribution is 0.491. The second-order valence-electron chi connectivity index (χ2n) is 4.73. The fourth-order valence-electron chi connectivity index (χ4n) is 2.34. The molecule has 0 fully saturated rings. The van der Waals surface area contributed by atoms with E-state index in [4.69, 9.17) is 16.0 Å². The highest BCUT2D eigenvalue weighted by molar-refractivity contribution is 6.30. The zero-order valence-corrected chi connectivity index (χ0v) is 11.9. The van der Waals surface area contributed by atoms with E-state index in [-0.39, 0.29) is 16.9 Å². The minimum absolute atomic E-state index is 0.0508. The minimum atomic E-state index is -0.470. The number of hydrogen-bond donors (Lipinski definition) is 1. The first-order valence-corrected chi connectivity index (χ1v) is 6.77. The first-order valence-electron chi connectivity index (χ1n) is 6.39. The van der Waals surface area contributed by atoms with E-state index in [1.807, 2.05) is 0 Å². The molecule has 108 valence electrons. The molecule has 2 aromatic carbocycles. The molecule has 1 aromatic heterocycles. The van der Waals surface area contributed by atoms with E-state index in [1.165, 1.54) is 18.2 Å². The van der Waals surface area contributed by atoms with Gasteiger partial charge in [-0.3, -0.25) is 0 Å². The van der Waals surface area contributed by atoms with Gasteiger partial charge in [0.25, 0.3) is 0 Å². The molecular weight excluding hydrogens is 296 g/mol. The van der Waals surface area contributed by atoms with Crippen molar-refractivity contribution in [1.82, 2.24) is 5.32 Å². The molecule has 0 amide bonds. The molecule has 1 unspecified atom stereocenters. The van der Waals surface area contributed by atoms with Crippen molar-refractivity contribution in [2.24, 2.45) is 0 Å². The van der Waals surface area contributed by atoms with Crippen LogP contribution in [0.4, 0.5) is 8.78 Å². The summed E-state index contributed by atoms with van der Waals surface area (Å²) >= 11 is 5.82. The third-order valence-electron chi connectivity index (χ3n) is 3.35. The van der Waals surface area contributed by atoms with E-state index < -0.39 is 5.82 Å². The van der Waals surface area contributed by atoms with Gasteiger partial charge in [-0.2, -0.15) is 0 Å². The predicted octanol–water partition coefficient (Wildman–Crippen LogP) is 4.67. The lowest BCUT2D eigenvalue weighted by Gasteiger charge is -2.14. The first kappa shape index (κ1) is 14.0. The Balaban J connectivity index is 2.06. The van der Waals surface area contributed by atoms with Crippen LogP contribution in [0.3, 0.4) is 0 Å². The van der Waals surface area contributed by atoms with Crippen LogP contribution in [0.5, 0.6) is 0 Å². The Labute approximate surface area is 125 Å². The maximum absolute atomic E-state index is 13.3. The Bertz CT molecular complexity index is 800. The Morgan fingerprint density at radius 1 is 1.10 bits per heavy atom. The summed E-state index contributed by atoms with van der Waals surface area (Å²) < 4.78 is 32.2. The number of hydrogen-bond acceptors (Lipinski definition) is 2. The summed E-state index contributed by atoms with van der Waals surface area (Å²) in [6, 6.07) is 10.3. The molecule has 0 radical (unpaired) electrons. The zero-order valence-electron chi connectivity index (χ0n) is 11.2. The molecule has 0 aliphatic rings. The van der Waals surface area contributed by atoms with Gasteiger partial charge >= 0.3 is 0 Å². The highest BCUT2D eigenvalue weighted by Gasteiger charge is 2.18. The van der Waals surface area contributed by atoms with Crippen molar-refractivity contribution < 1.29 is 13.2 Å². The van der Waals surface area contributed by atoms with E-state index in [0.717, 1.165) is 5.56 Å². The average Bonchev–Trinajstić information content (AvgIpc) is 2.86.